The van der Waals surface area contributed by atoms with E-state index >= 15 is 0 Å². The zero-order chi connectivity index (χ0) is 23.8. The lowest BCUT2D eigenvalue weighted by atomic mass is 9.76. The van der Waals surface area contributed by atoms with Crippen LogP contribution in [0.2, 0.25) is 0 Å². The Morgan fingerprint density at radius 3 is 2.29 bits per heavy atom. The van der Waals surface area contributed by atoms with Crippen LogP contribution in [0.5, 0.6) is 0 Å². The summed E-state index contributed by atoms with van der Waals surface area (Å²) in [6.45, 7) is 2.38. The first-order valence-electron chi connectivity index (χ1n) is 12.6. The summed E-state index contributed by atoms with van der Waals surface area (Å²) in [7, 11) is 0. The molecule has 0 heterocycles. The van der Waals surface area contributed by atoms with Crippen LogP contribution in [0.25, 0.3) is 12.2 Å². The predicted molar refractivity (Wildman–Crippen MR) is 140 cm³/mol. The van der Waals surface area contributed by atoms with Crippen molar-refractivity contribution in [3.05, 3.63) is 106 Å². The van der Waals surface area contributed by atoms with Gasteiger partial charge in [-0.25, -0.2) is 4.39 Å². The molecule has 34 heavy (non-hydrogen) atoms. The van der Waals surface area contributed by atoms with E-state index in [1.807, 2.05) is 12.1 Å². The molecule has 1 nitrogen and oxygen atoms in total. The lowest BCUT2D eigenvalue weighted by molar-refractivity contribution is 0.245. The van der Waals surface area contributed by atoms with Crippen molar-refractivity contribution >= 4 is 12.2 Å². The number of rotatable bonds is 8. The normalized spacial score (nSPS) is 19.1. The van der Waals surface area contributed by atoms with Gasteiger partial charge in [-0.15, -0.1) is 0 Å². The molecule has 0 aromatic heterocycles. The van der Waals surface area contributed by atoms with Crippen molar-refractivity contribution in [3.63, 3.8) is 0 Å². The molecule has 0 spiro atoms. The summed E-state index contributed by atoms with van der Waals surface area (Å²) in [6.07, 6.45) is 12.9. The van der Waals surface area contributed by atoms with Crippen molar-refractivity contribution in [1.29, 1.82) is 5.26 Å². The van der Waals surface area contributed by atoms with Crippen LogP contribution in [-0.2, 0) is 6.42 Å². The van der Waals surface area contributed by atoms with E-state index in [1.165, 1.54) is 55.7 Å². The Kier molecular flexibility index (Phi) is 8.31. The van der Waals surface area contributed by atoms with Gasteiger partial charge in [0, 0.05) is 5.56 Å². The van der Waals surface area contributed by atoms with E-state index < -0.39 is 0 Å². The quantitative estimate of drug-likeness (QED) is 0.314. The van der Waals surface area contributed by atoms with Gasteiger partial charge >= 0.3 is 0 Å². The molecule has 4 rings (SSSR count). The van der Waals surface area contributed by atoms with Crippen LogP contribution < -0.4 is 0 Å². The first-order valence-corrected chi connectivity index (χ1v) is 12.6. The summed E-state index contributed by atoms with van der Waals surface area (Å²) in [5, 5.41) is 8.86. The molecule has 3 aromatic rings. The maximum Gasteiger partial charge on any atom is 0.131 e. The lowest BCUT2D eigenvalue weighted by Crippen LogP contribution is -2.16. The maximum absolute atomic E-state index is 14.0. The highest BCUT2D eigenvalue weighted by molar-refractivity contribution is 5.70. The third-order valence-electron chi connectivity index (χ3n) is 7.43. The van der Waals surface area contributed by atoms with Crippen LogP contribution in [0.1, 0.15) is 79.2 Å². The largest absolute Gasteiger partial charge is 0.206 e. The number of aryl methyl sites for hydroxylation is 1. The van der Waals surface area contributed by atoms with Gasteiger partial charge < -0.3 is 0 Å². The van der Waals surface area contributed by atoms with E-state index in [0.29, 0.717) is 17.0 Å². The molecule has 1 aliphatic rings. The molecule has 0 amide bonds. The van der Waals surface area contributed by atoms with Gasteiger partial charge in [0.25, 0.3) is 0 Å². The van der Waals surface area contributed by atoms with Crippen molar-refractivity contribution in [3.8, 4) is 6.07 Å². The first kappa shape index (κ1) is 24.0. The minimum atomic E-state index is -0.365. The number of nitrogens with zero attached hydrogens (tertiary/aromatic N) is 1. The number of nitriles is 1. The van der Waals surface area contributed by atoms with Crippen LogP contribution in [0.15, 0.2) is 72.8 Å². The predicted octanol–water partition coefficient (Wildman–Crippen LogP) is 8.80. The molecular weight excluding hydrogens is 417 g/mol. The van der Waals surface area contributed by atoms with Crippen LogP contribution in [0.4, 0.5) is 4.39 Å². The summed E-state index contributed by atoms with van der Waals surface area (Å²) in [4.78, 5) is 0. The number of halogens is 1. The molecule has 0 N–H and O–H groups in total. The van der Waals surface area contributed by atoms with Gasteiger partial charge in [0.05, 0.1) is 11.6 Å². The molecule has 1 atom stereocenters. The van der Waals surface area contributed by atoms with Crippen LogP contribution >= 0.6 is 0 Å². The van der Waals surface area contributed by atoms with E-state index in [-0.39, 0.29) is 5.82 Å². The van der Waals surface area contributed by atoms with Gasteiger partial charge in [0.1, 0.15) is 5.82 Å². The average Bonchev–Trinajstić information content (AvgIpc) is 2.88. The van der Waals surface area contributed by atoms with Gasteiger partial charge in [-0.3, -0.25) is 0 Å². The third kappa shape index (κ3) is 6.67. The molecule has 0 unspecified atom stereocenters. The second-order valence-corrected chi connectivity index (χ2v) is 9.90. The summed E-state index contributed by atoms with van der Waals surface area (Å²) in [5.74, 6) is 2.01. The van der Waals surface area contributed by atoms with E-state index in [9.17, 15) is 4.39 Å². The van der Waals surface area contributed by atoms with E-state index in [1.54, 1.807) is 18.2 Å². The Morgan fingerprint density at radius 1 is 0.912 bits per heavy atom. The van der Waals surface area contributed by atoms with Gasteiger partial charge in [0.15, 0.2) is 0 Å². The van der Waals surface area contributed by atoms with Crippen molar-refractivity contribution in [2.75, 3.05) is 0 Å². The molecule has 2 heteroatoms. The van der Waals surface area contributed by atoms with Crippen LogP contribution in [0.3, 0.4) is 0 Å². The average molecular weight is 452 g/mol. The molecule has 0 saturated heterocycles. The minimum Gasteiger partial charge on any atom is -0.206 e. The van der Waals surface area contributed by atoms with Crippen molar-refractivity contribution in [1.82, 2.24) is 0 Å². The molecular formula is C32H34FN. The highest BCUT2D eigenvalue weighted by atomic mass is 19.1. The topological polar surface area (TPSA) is 23.8 Å². The lowest BCUT2D eigenvalue weighted by Gasteiger charge is -2.30. The SMILES string of the molecule is C[C@H](CC1CCC(CCc2ccc(C=Cc3ccc(C#N)cc3F)cc2)CC1)c1ccccc1. The molecule has 0 radical (unpaired) electrons. The summed E-state index contributed by atoms with van der Waals surface area (Å²) >= 11 is 0. The molecule has 0 aliphatic heterocycles. The molecule has 3 aromatic carbocycles. The van der Waals surface area contributed by atoms with Crippen molar-refractivity contribution < 1.29 is 4.39 Å². The number of hydrogen-bond acceptors (Lipinski definition) is 1. The highest BCUT2D eigenvalue weighted by Gasteiger charge is 2.23. The standard InChI is InChI=1S/C32H34FN/c1-24(30-5-3-2-4-6-30)21-28-15-13-26(14-16-28)8-7-25-9-11-27(12-10-25)17-19-31-20-18-29(23-34)22-32(31)33/h2-6,9-12,17-20,22,24,26,28H,7-8,13-16,21H2,1H3/t24-,26?,28?/m1/s1. The van der Waals surface area contributed by atoms with Gasteiger partial charge in [-0.1, -0.05) is 105 Å². The zero-order valence-electron chi connectivity index (χ0n) is 20.1. The number of benzene rings is 3. The van der Waals surface area contributed by atoms with E-state index in [0.717, 1.165) is 23.8 Å². The summed E-state index contributed by atoms with van der Waals surface area (Å²) in [5.41, 5.74) is 4.75. The zero-order valence-corrected chi connectivity index (χ0v) is 20.1. The fourth-order valence-corrected chi connectivity index (χ4v) is 5.26. The maximum atomic E-state index is 14.0. The summed E-state index contributed by atoms with van der Waals surface area (Å²) < 4.78 is 14.0. The van der Waals surface area contributed by atoms with Gasteiger partial charge in [0.2, 0.25) is 0 Å². The summed E-state index contributed by atoms with van der Waals surface area (Å²) in [6, 6.07) is 26.1. The Morgan fingerprint density at radius 2 is 1.62 bits per heavy atom. The Bertz CT molecular complexity index is 1120. The van der Waals surface area contributed by atoms with Gasteiger partial charge in [-0.05, 0) is 65.8 Å². The number of hydrogen-bond donors (Lipinski definition) is 0. The Balaban J connectivity index is 1.21. The molecule has 0 bridgehead atoms. The van der Waals surface area contributed by atoms with Crippen LogP contribution in [-0.4, -0.2) is 0 Å². The smallest absolute Gasteiger partial charge is 0.131 e. The Labute approximate surface area is 204 Å². The van der Waals surface area contributed by atoms with Crippen molar-refractivity contribution in [2.45, 2.75) is 57.8 Å². The molecule has 1 aliphatic carbocycles. The second kappa shape index (κ2) is 11.8. The molecule has 174 valence electrons. The molecule has 1 fully saturated rings. The fourth-order valence-electron chi connectivity index (χ4n) is 5.26. The Hall–Kier alpha value is -3.18. The van der Waals surface area contributed by atoms with Crippen LogP contribution in [0, 0.1) is 29.0 Å². The third-order valence-corrected chi connectivity index (χ3v) is 7.43. The van der Waals surface area contributed by atoms with Crippen molar-refractivity contribution in [2.24, 2.45) is 11.8 Å². The minimum absolute atomic E-state index is 0.342. The highest BCUT2D eigenvalue weighted by Crippen LogP contribution is 2.37. The fraction of sp³-hybridized carbons (Fsp3) is 0.344. The van der Waals surface area contributed by atoms with E-state index in [2.05, 4.69) is 61.5 Å². The second-order valence-electron chi connectivity index (χ2n) is 9.90. The van der Waals surface area contributed by atoms with Gasteiger partial charge in [-0.2, -0.15) is 5.26 Å². The molecule has 1 saturated carbocycles. The first-order chi connectivity index (χ1) is 16.6. The van der Waals surface area contributed by atoms with E-state index in [4.69, 9.17) is 5.26 Å². The monoisotopic (exact) mass is 451 g/mol.